The Morgan fingerprint density at radius 3 is 1.81 bits per heavy atom. The minimum atomic E-state index is -2.11. The van der Waals surface area contributed by atoms with Crippen molar-refractivity contribution in [3.63, 3.8) is 0 Å². The van der Waals surface area contributed by atoms with E-state index in [1.54, 1.807) is 48.5 Å². The highest BCUT2D eigenvalue weighted by Crippen LogP contribution is 2.54. The fraction of sp³-hybridized carbons (Fsp3) is 0.179. The highest BCUT2D eigenvalue weighted by molar-refractivity contribution is 7.82. The molecule has 1 aliphatic carbocycles. The molecule has 0 aromatic heterocycles. The molecule has 1 heterocycles. The van der Waals surface area contributed by atoms with E-state index < -0.39 is 33.9 Å². The number of fused-ring (bicyclic) bond motifs is 1. The number of nitrogens with one attached hydrogen (secondary N) is 4. The maximum atomic E-state index is 14.0. The first-order valence-electron chi connectivity index (χ1n) is 16.9. The van der Waals surface area contributed by atoms with Crippen LogP contribution >= 0.6 is 0 Å². The molecule has 0 bridgehead atoms. The van der Waals surface area contributed by atoms with Gasteiger partial charge in [0.1, 0.15) is 17.2 Å². The largest absolute Gasteiger partial charge is 0.505 e. The lowest BCUT2D eigenvalue weighted by Gasteiger charge is -2.25. The van der Waals surface area contributed by atoms with Crippen molar-refractivity contribution in [2.24, 2.45) is 4.99 Å². The summed E-state index contributed by atoms with van der Waals surface area (Å²) >= 11 is -4.22. The van der Waals surface area contributed by atoms with Gasteiger partial charge >= 0.3 is 22.5 Å². The van der Waals surface area contributed by atoms with Gasteiger partial charge in [0.15, 0.2) is 5.78 Å². The second-order valence-electron chi connectivity index (χ2n) is 12.6. The van der Waals surface area contributed by atoms with Crippen LogP contribution in [0.4, 0.5) is 28.4 Å². The van der Waals surface area contributed by atoms with Crippen molar-refractivity contribution < 1.29 is 36.3 Å². The van der Waals surface area contributed by atoms with Crippen LogP contribution in [0.3, 0.4) is 0 Å². The van der Waals surface area contributed by atoms with Gasteiger partial charge in [0.05, 0.1) is 39.6 Å². The van der Waals surface area contributed by atoms with Crippen molar-refractivity contribution in [2.75, 3.05) is 20.1 Å². The fourth-order valence-corrected chi connectivity index (χ4v) is 7.31. The Bertz CT molecular complexity index is 2180. The molecule has 2 unspecified atom stereocenters. The van der Waals surface area contributed by atoms with Crippen molar-refractivity contribution in [3.8, 4) is 17.2 Å². The summed E-state index contributed by atoms with van der Waals surface area (Å²) in [7, 11) is 0. The first-order chi connectivity index (χ1) is 25.9. The van der Waals surface area contributed by atoms with Gasteiger partial charge in [-0.1, -0.05) is 49.2 Å². The number of ketones is 1. The predicted octanol–water partition coefficient (Wildman–Crippen LogP) is 7.18. The monoisotopic (exact) mass is 767 g/mol. The van der Waals surface area contributed by atoms with Gasteiger partial charge < -0.3 is 24.1 Å². The summed E-state index contributed by atoms with van der Waals surface area (Å²) in [5.41, 5.74) is 2.40. The third-order valence-corrected chi connectivity index (χ3v) is 10.4. The van der Waals surface area contributed by atoms with Crippen LogP contribution < -0.4 is 28.4 Å². The molecule has 278 valence electrons. The second-order valence-corrected chi connectivity index (χ2v) is 14.3. The van der Waals surface area contributed by atoms with E-state index in [9.17, 15) is 27.9 Å². The van der Waals surface area contributed by atoms with E-state index in [0.717, 1.165) is 11.1 Å². The summed E-state index contributed by atoms with van der Waals surface area (Å²) in [5.74, 6) is -0.877. The summed E-state index contributed by atoms with van der Waals surface area (Å²) in [4.78, 5) is 43.8. The molecule has 0 saturated heterocycles. The first-order valence-corrected chi connectivity index (χ1v) is 19.1. The van der Waals surface area contributed by atoms with Crippen LogP contribution in [0.25, 0.3) is 0 Å². The van der Waals surface area contributed by atoms with Crippen molar-refractivity contribution in [3.05, 3.63) is 119 Å². The Labute approximate surface area is 317 Å². The summed E-state index contributed by atoms with van der Waals surface area (Å²) in [6.07, 6.45) is 6.46. The molecule has 15 heteroatoms. The number of phenols is 1. The average Bonchev–Trinajstić information content (AvgIpc) is 3.45. The molecular formula is C39H37N5O8S2. The number of nitrogens with zero attached hydrogens (tertiary/aromatic N) is 1. The molecule has 1 aliphatic heterocycles. The lowest BCUT2D eigenvalue weighted by atomic mass is 9.76. The number of anilines is 4. The molecule has 13 nitrogen and oxygen atoms in total. The molecule has 0 saturated carbocycles. The van der Waals surface area contributed by atoms with Crippen molar-refractivity contribution >= 4 is 74.3 Å². The lowest BCUT2D eigenvalue weighted by molar-refractivity contribution is -0.121. The van der Waals surface area contributed by atoms with Crippen molar-refractivity contribution in [1.82, 2.24) is 0 Å². The molecule has 5 N–H and O–H groups in total. The number of phenolic OH excluding ortho intramolecular Hbond substituents is 1. The minimum Gasteiger partial charge on any atom is -0.505 e. The number of hydrogen-bond acceptors (Lipinski definition) is 9. The Hall–Kier alpha value is -6.06. The zero-order valence-electron chi connectivity index (χ0n) is 29.7. The third-order valence-electron chi connectivity index (χ3n) is 8.96. The average molecular weight is 768 g/mol. The minimum absolute atomic E-state index is 0.00181. The van der Waals surface area contributed by atoms with E-state index in [0.29, 0.717) is 41.3 Å². The number of rotatable bonds is 13. The van der Waals surface area contributed by atoms with Gasteiger partial charge in [-0.25, -0.2) is 4.99 Å². The molecule has 2 aliphatic rings. The van der Waals surface area contributed by atoms with E-state index in [1.165, 1.54) is 48.6 Å². The number of carbonyl (C=O) groups is 3. The smallest absolute Gasteiger partial charge is 0.316 e. The number of aromatic hydroxyl groups is 1. The van der Waals surface area contributed by atoms with E-state index in [4.69, 9.17) is 8.37 Å². The Morgan fingerprint density at radius 1 is 0.796 bits per heavy atom. The zero-order chi connectivity index (χ0) is 38.6. The molecule has 0 fully saturated rings. The molecule has 54 heavy (non-hydrogen) atoms. The number of amides is 2. The number of allylic oxidation sites excluding steroid dienone is 4. The van der Waals surface area contributed by atoms with Crippen LogP contribution in [0.15, 0.2) is 102 Å². The fourth-order valence-electron chi connectivity index (χ4n) is 6.03. The molecule has 4 aromatic rings. The molecular weight excluding hydrogens is 731 g/mol. The van der Waals surface area contributed by atoms with Crippen LogP contribution in [0.1, 0.15) is 53.7 Å². The number of benzene rings is 4. The van der Waals surface area contributed by atoms with Crippen LogP contribution in [-0.2, 0) is 37.5 Å². The first kappa shape index (κ1) is 37.7. The number of aliphatic imine (C=N–C) groups is 1. The summed E-state index contributed by atoms with van der Waals surface area (Å²) in [6, 6.07) is 19.5. The highest BCUT2D eigenvalue weighted by Gasteiger charge is 2.48. The number of carbonyl (C=O) groups excluding carboxylic acids is 3. The van der Waals surface area contributed by atoms with Crippen LogP contribution in [0, 0.1) is 13.8 Å². The standard InChI is InChI=1S/C39H37N5O8S2/c1-5-39(6-2)34-35(42-38(39)48)32(40-26-11-13-29(45)14-12-26)22-33(36(34)46)41-37(47)25-19-27(43-53(49)51-30-15-7-23(3)8-16-30)21-28(20-25)44-54(50)52-31-17-9-24(4)10-18-31/h7-22,43-44,46H,5-6H2,1-4H3,(H,41,47)(H,42,48). The van der Waals surface area contributed by atoms with Gasteiger partial charge in [0, 0.05) is 11.1 Å². The molecule has 2 atom stereocenters. The summed E-state index contributed by atoms with van der Waals surface area (Å²) < 4.78 is 42.5. The number of aryl methyl sites for hydroxylation is 2. The van der Waals surface area contributed by atoms with Gasteiger partial charge in [-0.3, -0.25) is 23.8 Å². The van der Waals surface area contributed by atoms with E-state index in [1.807, 2.05) is 27.7 Å². The molecule has 6 rings (SSSR count). The third kappa shape index (κ3) is 8.27. The Kier molecular flexibility index (Phi) is 11.1. The van der Waals surface area contributed by atoms with Crippen LogP contribution in [-0.4, -0.2) is 36.8 Å². The Balaban J connectivity index is 1.35. The van der Waals surface area contributed by atoms with Gasteiger partial charge in [0.2, 0.25) is 5.91 Å². The van der Waals surface area contributed by atoms with Gasteiger partial charge in [-0.05, 0) is 99.5 Å². The molecule has 2 amide bonds. The van der Waals surface area contributed by atoms with Gasteiger partial charge in [-0.15, -0.1) is 0 Å². The van der Waals surface area contributed by atoms with Crippen LogP contribution in [0.5, 0.6) is 17.2 Å². The SMILES string of the molecule is CCC1(CC)C(=O)Nc2c(N=C3C=CC(=O)C=C3)cc(NC(=O)c3cc(NS(=O)Oc4ccc(C)cc4)cc(NS(=O)Oc4ccc(C)cc4)c3)c(O)c21. The topological polar surface area (TPSA) is 185 Å². The van der Waals surface area contributed by atoms with E-state index in [2.05, 4.69) is 25.1 Å². The van der Waals surface area contributed by atoms with Crippen LogP contribution in [0.2, 0.25) is 0 Å². The predicted molar refractivity (Wildman–Crippen MR) is 211 cm³/mol. The van der Waals surface area contributed by atoms with Gasteiger partial charge in [-0.2, -0.15) is 8.42 Å². The quantitative estimate of drug-likeness (QED) is 0.0700. The number of hydrogen-bond donors (Lipinski definition) is 5. The second kappa shape index (κ2) is 15.9. The summed E-state index contributed by atoms with van der Waals surface area (Å²) in [5, 5.41) is 17.3. The highest BCUT2D eigenvalue weighted by atomic mass is 32.2. The van der Waals surface area contributed by atoms with E-state index in [-0.39, 0.29) is 45.8 Å². The normalized spacial score (nSPS) is 15.1. The maximum Gasteiger partial charge on any atom is 0.316 e. The summed E-state index contributed by atoms with van der Waals surface area (Å²) in [6.45, 7) is 7.47. The van der Waals surface area contributed by atoms with Gasteiger partial charge in [0.25, 0.3) is 5.91 Å². The molecule has 0 radical (unpaired) electrons. The molecule has 4 aromatic carbocycles. The van der Waals surface area contributed by atoms with E-state index >= 15 is 0 Å². The maximum absolute atomic E-state index is 14.0. The molecule has 0 spiro atoms. The van der Waals surface area contributed by atoms with Crippen molar-refractivity contribution in [2.45, 2.75) is 46.0 Å². The Morgan fingerprint density at radius 2 is 1.31 bits per heavy atom. The lowest BCUT2D eigenvalue weighted by Crippen LogP contribution is -2.33. The zero-order valence-corrected chi connectivity index (χ0v) is 31.4. The van der Waals surface area contributed by atoms with Crippen molar-refractivity contribution in [1.29, 1.82) is 0 Å².